The van der Waals surface area contributed by atoms with Crippen molar-refractivity contribution in [1.29, 1.82) is 0 Å². The lowest BCUT2D eigenvalue weighted by molar-refractivity contribution is -0.0248. The van der Waals surface area contributed by atoms with Crippen LogP contribution in [0.1, 0.15) is 35.7 Å². The van der Waals surface area contributed by atoms with Gasteiger partial charge in [0.05, 0.1) is 19.1 Å². The largest absolute Gasteiger partial charge is 0.507 e. The van der Waals surface area contributed by atoms with Gasteiger partial charge in [-0.1, -0.05) is 18.2 Å². The molecule has 5 rings (SSSR count). The summed E-state index contributed by atoms with van der Waals surface area (Å²) in [6.07, 6.45) is 2.00. The van der Waals surface area contributed by atoms with E-state index in [-0.39, 0.29) is 30.0 Å². The molecule has 0 radical (unpaired) electrons. The van der Waals surface area contributed by atoms with Crippen molar-refractivity contribution in [3.05, 3.63) is 47.5 Å². The van der Waals surface area contributed by atoms with Crippen LogP contribution in [0.3, 0.4) is 0 Å². The number of hydrogen-bond donors (Lipinski definition) is 1. The Labute approximate surface area is 182 Å². The molecule has 0 amide bonds. The molecule has 1 saturated heterocycles. The molecule has 164 valence electrons. The number of carbonyl (C=O) groups excluding carboxylic acids is 1. The Balaban J connectivity index is 1.48. The van der Waals surface area contributed by atoms with Gasteiger partial charge in [-0.3, -0.25) is 4.79 Å². The second kappa shape index (κ2) is 7.75. The van der Waals surface area contributed by atoms with Crippen LogP contribution in [-0.4, -0.2) is 49.4 Å². The molecule has 6 heteroatoms. The number of anilines is 1. The number of aromatic hydroxyl groups is 1. The molecule has 2 atom stereocenters. The number of fused-ring (bicyclic) bond motifs is 1. The van der Waals surface area contributed by atoms with E-state index in [1.807, 2.05) is 44.2 Å². The number of phenols is 1. The number of nitrogens with zero attached hydrogens (tertiary/aromatic N) is 1. The third kappa shape index (κ3) is 3.74. The van der Waals surface area contributed by atoms with E-state index >= 15 is 0 Å². The van der Waals surface area contributed by atoms with Crippen LogP contribution >= 0.6 is 0 Å². The van der Waals surface area contributed by atoms with Crippen LogP contribution in [0, 0.1) is 18.8 Å². The smallest absolute Gasteiger partial charge is 0.177 e. The lowest BCUT2D eigenvalue weighted by Gasteiger charge is -2.42. The monoisotopic (exact) mass is 423 g/mol. The van der Waals surface area contributed by atoms with E-state index in [9.17, 15) is 9.90 Å². The molecule has 2 aliphatic heterocycles. The Hall–Kier alpha value is -2.73. The van der Waals surface area contributed by atoms with Gasteiger partial charge in [0.25, 0.3) is 0 Å². The maximum atomic E-state index is 13.6. The molecule has 2 fully saturated rings. The van der Waals surface area contributed by atoms with Gasteiger partial charge in [-0.2, -0.15) is 0 Å². The van der Waals surface area contributed by atoms with Crippen molar-refractivity contribution in [1.82, 2.24) is 0 Å². The number of benzene rings is 2. The number of ether oxygens (including phenoxy) is 3. The minimum absolute atomic E-state index is 0.00323. The molecule has 2 aromatic carbocycles. The highest BCUT2D eigenvalue weighted by atomic mass is 16.5. The first-order valence-corrected chi connectivity index (χ1v) is 11.1. The zero-order valence-electron chi connectivity index (χ0n) is 18.1. The molecule has 1 aliphatic carbocycles. The number of phenolic OH excluding ortho intramolecular Hbond substituents is 1. The summed E-state index contributed by atoms with van der Waals surface area (Å²) in [5.41, 5.74) is 1.40. The summed E-state index contributed by atoms with van der Waals surface area (Å²) in [6, 6.07) is 11.4. The molecule has 3 aliphatic rings. The first-order chi connectivity index (χ1) is 15.0. The molecule has 1 N–H and O–H groups in total. The summed E-state index contributed by atoms with van der Waals surface area (Å²) < 4.78 is 18.1. The maximum absolute atomic E-state index is 13.6. The maximum Gasteiger partial charge on any atom is 0.177 e. The van der Waals surface area contributed by atoms with Crippen molar-refractivity contribution >= 4 is 11.5 Å². The molecule has 0 spiro atoms. The van der Waals surface area contributed by atoms with Gasteiger partial charge >= 0.3 is 0 Å². The number of carbonyl (C=O) groups is 1. The van der Waals surface area contributed by atoms with Gasteiger partial charge in [0.15, 0.2) is 11.4 Å². The zero-order valence-corrected chi connectivity index (χ0v) is 18.1. The van der Waals surface area contributed by atoms with Crippen LogP contribution in [0.5, 0.6) is 17.2 Å². The Bertz CT molecular complexity index is 995. The molecule has 6 nitrogen and oxygen atoms in total. The van der Waals surface area contributed by atoms with Crippen molar-refractivity contribution in [3.63, 3.8) is 0 Å². The lowest BCUT2D eigenvalue weighted by Crippen LogP contribution is -2.53. The molecule has 0 bridgehead atoms. The number of ketones is 1. The molecule has 31 heavy (non-hydrogen) atoms. The predicted octanol–water partition coefficient (Wildman–Crippen LogP) is 3.98. The standard InChI is InChI=1S/C25H29NO5/c1-16-5-3-4-6-20(16)30-15-25(2)23(17-7-8-17)24(28)22-19(27)13-18(14-21(22)31-25)26-9-11-29-12-10-26/h3-6,13-14,17,23,27H,7-12,15H2,1-2H3. The molecule has 2 heterocycles. The van der Waals surface area contributed by atoms with Crippen molar-refractivity contribution in [2.45, 2.75) is 32.3 Å². The van der Waals surface area contributed by atoms with E-state index in [0.29, 0.717) is 24.5 Å². The van der Waals surface area contributed by atoms with Crippen LogP contribution < -0.4 is 14.4 Å². The van der Waals surface area contributed by atoms with Gasteiger partial charge in [-0.05, 0) is 44.2 Å². The fraction of sp³-hybridized carbons (Fsp3) is 0.480. The van der Waals surface area contributed by atoms with E-state index in [0.717, 1.165) is 42.9 Å². The van der Waals surface area contributed by atoms with Gasteiger partial charge in [0.1, 0.15) is 29.4 Å². The first-order valence-electron chi connectivity index (χ1n) is 11.1. The highest BCUT2D eigenvalue weighted by molar-refractivity contribution is 6.05. The molecule has 2 unspecified atom stereocenters. The molecular formula is C25H29NO5. The third-order valence-corrected chi connectivity index (χ3v) is 6.67. The van der Waals surface area contributed by atoms with E-state index in [4.69, 9.17) is 14.2 Å². The molecule has 0 aromatic heterocycles. The van der Waals surface area contributed by atoms with Gasteiger partial charge in [-0.25, -0.2) is 0 Å². The van der Waals surface area contributed by atoms with Gasteiger partial charge < -0.3 is 24.2 Å². The van der Waals surface area contributed by atoms with E-state index < -0.39 is 5.60 Å². The molecular weight excluding hydrogens is 394 g/mol. The number of rotatable bonds is 5. The summed E-state index contributed by atoms with van der Waals surface area (Å²) in [5.74, 6) is 1.14. The minimum Gasteiger partial charge on any atom is -0.507 e. The fourth-order valence-corrected chi connectivity index (χ4v) is 4.87. The van der Waals surface area contributed by atoms with E-state index in [1.54, 1.807) is 6.07 Å². The second-order valence-corrected chi connectivity index (χ2v) is 9.09. The third-order valence-electron chi connectivity index (χ3n) is 6.67. The van der Waals surface area contributed by atoms with Gasteiger partial charge in [0, 0.05) is 30.9 Å². The van der Waals surface area contributed by atoms with Crippen LogP contribution in [0.15, 0.2) is 36.4 Å². The van der Waals surface area contributed by atoms with Crippen molar-refractivity contribution in [2.24, 2.45) is 11.8 Å². The Morgan fingerprint density at radius 1 is 1.19 bits per heavy atom. The molecule has 2 aromatic rings. The van der Waals surface area contributed by atoms with Crippen molar-refractivity contribution < 1.29 is 24.1 Å². The average Bonchev–Trinajstić information content (AvgIpc) is 3.58. The SMILES string of the molecule is Cc1ccccc1OCC1(C)Oc2cc(N3CCOCC3)cc(O)c2C(=O)C1C1CC1. The second-order valence-electron chi connectivity index (χ2n) is 9.09. The van der Waals surface area contributed by atoms with Crippen LogP contribution in [0.4, 0.5) is 5.69 Å². The highest BCUT2D eigenvalue weighted by Crippen LogP contribution is 2.51. The van der Waals surface area contributed by atoms with E-state index in [1.165, 1.54) is 0 Å². The Morgan fingerprint density at radius 2 is 1.94 bits per heavy atom. The Morgan fingerprint density at radius 3 is 2.65 bits per heavy atom. The summed E-state index contributed by atoms with van der Waals surface area (Å²) in [5, 5.41) is 10.8. The summed E-state index contributed by atoms with van der Waals surface area (Å²) in [4.78, 5) is 15.7. The van der Waals surface area contributed by atoms with Crippen LogP contribution in [0.25, 0.3) is 0 Å². The van der Waals surface area contributed by atoms with Crippen LogP contribution in [-0.2, 0) is 4.74 Å². The zero-order chi connectivity index (χ0) is 21.6. The topological polar surface area (TPSA) is 68.2 Å². The quantitative estimate of drug-likeness (QED) is 0.785. The number of aryl methyl sites for hydroxylation is 1. The van der Waals surface area contributed by atoms with Gasteiger partial charge in [-0.15, -0.1) is 0 Å². The highest BCUT2D eigenvalue weighted by Gasteiger charge is 2.54. The summed E-state index contributed by atoms with van der Waals surface area (Å²) in [6.45, 7) is 7.01. The number of Topliss-reactive ketones (excluding diaryl/α,β-unsaturated/α-hetero) is 1. The average molecular weight is 424 g/mol. The lowest BCUT2D eigenvalue weighted by atomic mass is 9.77. The van der Waals surface area contributed by atoms with Crippen LogP contribution in [0.2, 0.25) is 0 Å². The Kier molecular flexibility index (Phi) is 5.05. The number of para-hydroxylation sites is 1. The normalized spacial score (nSPS) is 25.7. The van der Waals surface area contributed by atoms with Crippen molar-refractivity contribution in [2.75, 3.05) is 37.8 Å². The summed E-state index contributed by atoms with van der Waals surface area (Å²) in [7, 11) is 0. The minimum atomic E-state index is -0.802. The van der Waals surface area contributed by atoms with Crippen molar-refractivity contribution in [3.8, 4) is 17.2 Å². The van der Waals surface area contributed by atoms with Gasteiger partial charge in [0.2, 0.25) is 0 Å². The number of hydrogen-bond acceptors (Lipinski definition) is 6. The fourth-order valence-electron chi connectivity index (χ4n) is 4.87. The predicted molar refractivity (Wildman–Crippen MR) is 117 cm³/mol. The summed E-state index contributed by atoms with van der Waals surface area (Å²) >= 11 is 0. The van der Waals surface area contributed by atoms with E-state index in [2.05, 4.69) is 4.90 Å². The first kappa shape index (κ1) is 20.2. The number of morpholine rings is 1. The molecule has 1 saturated carbocycles.